The third kappa shape index (κ3) is 3.29. The van der Waals surface area contributed by atoms with E-state index in [-0.39, 0.29) is 16.3 Å². The summed E-state index contributed by atoms with van der Waals surface area (Å²) in [6.07, 6.45) is 0. The fourth-order valence-electron chi connectivity index (χ4n) is 2.28. The van der Waals surface area contributed by atoms with Crippen molar-refractivity contribution in [2.24, 2.45) is 0 Å². The molecule has 2 aromatic carbocycles. The van der Waals surface area contributed by atoms with Crippen molar-refractivity contribution >= 4 is 56.7 Å². The molecule has 2 N–H and O–H groups in total. The highest BCUT2D eigenvalue weighted by Gasteiger charge is 2.38. The average Bonchev–Trinajstić information content (AvgIpc) is 2.80. The predicted molar refractivity (Wildman–Crippen MR) is 96.5 cm³/mol. The smallest absolute Gasteiger partial charge is 0.335 e. The van der Waals surface area contributed by atoms with Crippen molar-refractivity contribution in [2.45, 2.75) is 0 Å². The Hall–Kier alpha value is -2.64. The first kappa shape index (κ1) is 17.2. The molecule has 0 saturated carbocycles. The zero-order valence-electron chi connectivity index (χ0n) is 12.5. The van der Waals surface area contributed by atoms with E-state index in [2.05, 4.69) is 21.2 Å². The third-order valence-electron chi connectivity index (χ3n) is 3.51. The zero-order chi connectivity index (χ0) is 18.1. The van der Waals surface area contributed by atoms with Gasteiger partial charge >= 0.3 is 5.97 Å². The molecule has 126 valence electrons. The summed E-state index contributed by atoms with van der Waals surface area (Å²) in [5.74, 6) is -2.27. The number of nitrogens with one attached hydrogen (secondary N) is 1. The number of nitrogens with zero attached hydrogens (tertiary/aromatic N) is 1. The summed E-state index contributed by atoms with van der Waals surface area (Å²) in [5.41, 5.74) is 0.889. The van der Waals surface area contributed by atoms with Crippen LogP contribution in [-0.2, 0) is 9.59 Å². The zero-order valence-corrected chi connectivity index (χ0v) is 14.8. The molecule has 0 spiro atoms. The Morgan fingerprint density at radius 2 is 1.60 bits per heavy atom. The fourth-order valence-corrected chi connectivity index (χ4v) is 2.75. The SMILES string of the molecule is O=C(O)c1ccc(NC2=C(Cl)C(=O)N(c3ccc(Br)cc3)C2=O)cc1. The van der Waals surface area contributed by atoms with Crippen LogP contribution in [0.3, 0.4) is 0 Å². The van der Waals surface area contributed by atoms with Gasteiger partial charge in [-0.3, -0.25) is 9.59 Å². The highest BCUT2D eigenvalue weighted by molar-refractivity contribution is 9.10. The summed E-state index contributed by atoms with van der Waals surface area (Å²) in [6, 6.07) is 12.4. The van der Waals surface area contributed by atoms with Gasteiger partial charge in [0.1, 0.15) is 10.7 Å². The largest absolute Gasteiger partial charge is 0.478 e. The molecule has 1 aliphatic heterocycles. The normalized spacial score (nSPS) is 14.2. The number of imide groups is 1. The Bertz CT molecular complexity index is 907. The minimum absolute atomic E-state index is 0.0577. The van der Waals surface area contributed by atoms with E-state index in [1.807, 2.05) is 0 Å². The number of hydrogen-bond donors (Lipinski definition) is 2. The molecule has 1 aliphatic rings. The van der Waals surface area contributed by atoms with Crippen LogP contribution in [0.5, 0.6) is 0 Å². The lowest BCUT2D eigenvalue weighted by molar-refractivity contribution is -0.120. The Balaban J connectivity index is 1.86. The van der Waals surface area contributed by atoms with Crippen LogP contribution >= 0.6 is 27.5 Å². The first-order valence-corrected chi connectivity index (χ1v) is 8.20. The van der Waals surface area contributed by atoms with E-state index in [0.29, 0.717) is 11.4 Å². The van der Waals surface area contributed by atoms with E-state index < -0.39 is 17.8 Å². The van der Waals surface area contributed by atoms with Gasteiger partial charge in [-0.25, -0.2) is 9.69 Å². The van der Waals surface area contributed by atoms with Crippen LogP contribution in [0, 0.1) is 0 Å². The molecular weight excluding hydrogens is 412 g/mol. The van der Waals surface area contributed by atoms with E-state index in [1.165, 1.54) is 24.3 Å². The summed E-state index contributed by atoms with van der Waals surface area (Å²) < 4.78 is 0.811. The monoisotopic (exact) mass is 420 g/mol. The van der Waals surface area contributed by atoms with Crippen molar-refractivity contribution < 1.29 is 19.5 Å². The molecule has 0 aliphatic carbocycles. The van der Waals surface area contributed by atoms with Crippen LogP contribution in [0.4, 0.5) is 11.4 Å². The summed E-state index contributed by atoms with van der Waals surface area (Å²) in [6.45, 7) is 0. The maximum Gasteiger partial charge on any atom is 0.335 e. The second kappa shape index (κ2) is 6.70. The van der Waals surface area contributed by atoms with Crippen molar-refractivity contribution in [3.8, 4) is 0 Å². The summed E-state index contributed by atoms with van der Waals surface area (Å²) >= 11 is 9.32. The molecule has 6 nitrogen and oxygen atoms in total. The van der Waals surface area contributed by atoms with Crippen molar-refractivity contribution in [3.05, 3.63) is 69.3 Å². The van der Waals surface area contributed by atoms with Crippen LogP contribution in [-0.4, -0.2) is 22.9 Å². The quantitative estimate of drug-likeness (QED) is 0.737. The van der Waals surface area contributed by atoms with Crippen LogP contribution in [0.15, 0.2) is 63.7 Å². The van der Waals surface area contributed by atoms with E-state index in [4.69, 9.17) is 16.7 Å². The van der Waals surface area contributed by atoms with Crippen molar-refractivity contribution in [1.82, 2.24) is 0 Å². The standard InChI is InChI=1S/C17H10BrClN2O4/c18-10-3-7-12(8-4-10)21-15(22)13(19)14(16(21)23)20-11-5-1-9(2-6-11)17(24)25/h1-8,20H,(H,24,25). The maximum atomic E-state index is 12.6. The molecule has 0 fully saturated rings. The molecule has 0 bridgehead atoms. The number of carboxylic acids is 1. The van der Waals surface area contributed by atoms with E-state index in [9.17, 15) is 14.4 Å². The molecule has 8 heteroatoms. The van der Waals surface area contributed by atoms with Crippen LogP contribution in [0.2, 0.25) is 0 Å². The summed E-state index contributed by atoms with van der Waals surface area (Å²) in [5, 5.41) is 11.5. The number of carbonyl (C=O) groups is 3. The van der Waals surface area contributed by atoms with E-state index in [0.717, 1.165) is 9.37 Å². The van der Waals surface area contributed by atoms with Crippen LogP contribution in [0.25, 0.3) is 0 Å². The number of carbonyl (C=O) groups excluding carboxylic acids is 2. The van der Waals surface area contributed by atoms with Gasteiger partial charge in [0.25, 0.3) is 11.8 Å². The Kier molecular flexibility index (Phi) is 4.61. The van der Waals surface area contributed by atoms with Gasteiger partial charge < -0.3 is 10.4 Å². The van der Waals surface area contributed by atoms with Gasteiger partial charge in [-0.15, -0.1) is 0 Å². The van der Waals surface area contributed by atoms with Gasteiger partial charge in [0.2, 0.25) is 0 Å². The Morgan fingerprint density at radius 1 is 1.00 bits per heavy atom. The molecule has 2 aromatic rings. The number of aromatic carboxylic acids is 1. The highest BCUT2D eigenvalue weighted by atomic mass is 79.9. The van der Waals surface area contributed by atoms with Crippen LogP contribution in [0.1, 0.15) is 10.4 Å². The van der Waals surface area contributed by atoms with Gasteiger partial charge in [-0.05, 0) is 48.5 Å². The van der Waals surface area contributed by atoms with Gasteiger partial charge in [0, 0.05) is 10.2 Å². The van der Waals surface area contributed by atoms with Crippen molar-refractivity contribution in [2.75, 3.05) is 10.2 Å². The minimum Gasteiger partial charge on any atom is -0.478 e. The van der Waals surface area contributed by atoms with Gasteiger partial charge in [0.15, 0.2) is 0 Å². The number of amides is 2. The first-order chi connectivity index (χ1) is 11.9. The lowest BCUT2D eigenvalue weighted by Gasteiger charge is -2.15. The number of carboxylic acid groups (broad SMARTS) is 1. The molecule has 0 atom stereocenters. The van der Waals surface area contributed by atoms with E-state index in [1.54, 1.807) is 24.3 Å². The lowest BCUT2D eigenvalue weighted by Crippen LogP contribution is -2.32. The lowest BCUT2D eigenvalue weighted by atomic mass is 10.2. The molecule has 3 rings (SSSR count). The summed E-state index contributed by atoms with van der Waals surface area (Å²) in [4.78, 5) is 36.8. The second-order valence-corrected chi connectivity index (χ2v) is 6.41. The summed E-state index contributed by atoms with van der Waals surface area (Å²) in [7, 11) is 0. The molecule has 25 heavy (non-hydrogen) atoms. The number of hydrogen-bond acceptors (Lipinski definition) is 4. The Labute approximate surface area is 155 Å². The topological polar surface area (TPSA) is 86.7 Å². The first-order valence-electron chi connectivity index (χ1n) is 7.03. The molecule has 0 radical (unpaired) electrons. The predicted octanol–water partition coefficient (Wildman–Crippen LogP) is 3.58. The van der Waals surface area contributed by atoms with Crippen LogP contribution < -0.4 is 10.2 Å². The number of benzene rings is 2. The van der Waals surface area contributed by atoms with Gasteiger partial charge in [0.05, 0.1) is 11.3 Å². The van der Waals surface area contributed by atoms with Gasteiger partial charge in [-0.1, -0.05) is 27.5 Å². The molecular formula is C17H10BrClN2O4. The number of halogens is 2. The minimum atomic E-state index is -1.06. The fraction of sp³-hybridized carbons (Fsp3) is 0. The van der Waals surface area contributed by atoms with Gasteiger partial charge in [-0.2, -0.15) is 0 Å². The van der Waals surface area contributed by atoms with Crippen molar-refractivity contribution in [1.29, 1.82) is 0 Å². The molecule has 2 amide bonds. The van der Waals surface area contributed by atoms with E-state index >= 15 is 0 Å². The van der Waals surface area contributed by atoms with Crippen molar-refractivity contribution in [3.63, 3.8) is 0 Å². The molecule has 1 heterocycles. The average molecular weight is 422 g/mol. The highest BCUT2D eigenvalue weighted by Crippen LogP contribution is 2.30. The Morgan fingerprint density at radius 3 is 2.16 bits per heavy atom. The molecule has 0 aromatic heterocycles. The third-order valence-corrected chi connectivity index (χ3v) is 4.39. The molecule has 0 saturated heterocycles. The maximum absolute atomic E-state index is 12.6. The number of anilines is 2. The second-order valence-electron chi connectivity index (χ2n) is 5.12. The number of rotatable bonds is 4. The molecule has 0 unspecified atom stereocenters.